The third-order valence-corrected chi connectivity index (χ3v) is 4.95. The zero-order chi connectivity index (χ0) is 14.0. The fourth-order valence-electron chi connectivity index (χ4n) is 1.43. The number of nitrogens with one attached hydrogen (secondary N) is 1. The molecule has 0 radical (unpaired) electrons. The highest BCUT2D eigenvalue weighted by molar-refractivity contribution is 9.10. The van der Waals surface area contributed by atoms with Gasteiger partial charge in [-0.3, -0.25) is 4.72 Å². The lowest BCUT2D eigenvalue weighted by molar-refractivity contribution is 0.570. The smallest absolute Gasteiger partial charge is 0.264 e. The second kappa shape index (κ2) is 5.48. The molecule has 0 heterocycles. The lowest BCUT2D eigenvalue weighted by atomic mass is 10.3. The molecule has 0 aliphatic carbocycles. The van der Waals surface area contributed by atoms with Crippen LogP contribution in [0.5, 0.6) is 0 Å². The highest BCUT2D eigenvalue weighted by atomic mass is 79.9. The van der Waals surface area contributed by atoms with Crippen LogP contribution >= 0.6 is 27.5 Å². The van der Waals surface area contributed by atoms with Crippen molar-refractivity contribution in [3.8, 4) is 0 Å². The highest BCUT2D eigenvalue weighted by Gasteiger charge is 2.18. The Bertz CT molecular complexity index is 721. The van der Waals surface area contributed by atoms with Gasteiger partial charge in [0.1, 0.15) is 10.7 Å². The summed E-state index contributed by atoms with van der Waals surface area (Å²) in [4.78, 5) is -0.408. The topological polar surface area (TPSA) is 46.2 Å². The molecule has 0 fully saturated rings. The first-order valence-corrected chi connectivity index (χ1v) is 7.78. The number of halogens is 3. The molecule has 7 heteroatoms. The lowest BCUT2D eigenvalue weighted by Gasteiger charge is -2.09. The molecule has 2 aromatic rings. The van der Waals surface area contributed by atoms with Crippen LogP contribution in [0.3, 0.4) is 0 Å². The molecule has 0 unspecified atom stereocenters. The van der Waals surface area contributed by atoms with Gasteiger partial charge in [-0.15, -0.1) is 0 Å². The van der Waals surface area contributed by atoms with Crippen molar-refractivity contribution in [3.05, 3.63) is 57.8 Å². The summed E-state index contributed by atoms with van der Waals surface area (Å²) in [7, 11) is -3.97. The average Bonchev–Trinajstić information content (AvgIpc) is 2.34. The van der Waals surface area contributed by atoms with E-state index in [1.807, 2.05) is 0 Å². The van der Waals surface area contributed by atoms with Crippen molar-refractivity contribution >= 4 is 43.2 Å². The van der Waals surface area contributed by atoms with E-state index >= 15 is 0 Å². The van der Waals surface area contributed by atoms with Gasteiger partial charge in [0, 0.05) is 4.47 Å². The van der Waals surface area contributed by atoms with E-state index in [1.54, 1.807) is 6.07 Å². The average molecular weight is 365 g/mol. The largest absolute Gasteiger partial charge is 0.279 e. The molecule has 0 saturated heterocycles. The molecule has 2 rings (SSSR count). The van der Waals surface area contributed by atoms with Crippen LogP contribution in [-0.2, 0) is 10.0 Å². The Balaban J connectivity index is 2.37. The van der Waals surface area contributed by atoms with Crippen molar-refractivity contribution in [1.29, 1.82) is 0 Å². The van der Waals surface area contributed by atoms with Crippen molar-refractivity contribution in [2.75, 3.05) is 4.72 Å². The second-order valence-corrected chi connectivity index (χ2v) is 6.58. The Kier molecular flexibility index (Phi) is 4.13. The maximum atomic E-state index is 13.5. The Morgan fingerprint density at radius 3 is 2.47 bits per heavy atom. The van der Waals surface area contributed by atoms with E-state index in [0.29, 0.717) is 9.50 Å². The summed E-state index contributed by atoms with van der Waals surface area (Å²) in [5.74, 6) is -0.807. The van der Waals surface area contributed by atoms with E-state index in [1.165, 1.54) is 30.3 Å². The van der Waals surface area contributed by atoms with Gasteiger partial charge in [0.25, 0.3) is 10.0 Å². The number of hydrogen-bond donors (Lipinski definition) is 1. The summed E-state index contributed by atoms with van der Waals surface area (Å²) >= 11 is 9.06. The van der Waals surface area contributed by atoms with Gasteiger partial charge in [-0.2, -0.15) is 0 Å². The number of anilines is 1. The molecule has 1 N–H and O–H groups in total. The van der Waals surface area contributed by atoms with Crippen LogP contribution in [0.2, 0.25) is 5.02 Å². The van der Waals surface area contributed by atoms with E-state index < -0.39 is 20.7 Å². The minimum Gasteiger partial charge on any atom is -0.279 e. The second-order valence-electron chi connectivity index (χ2n) is 3.66. The Hall–Kier alpha value is -1.11. The summed E-state index contributed by atoms with van der Waals surface area (Å²) in [5.41, 5.74) is 0.261. The van der Waals surface area contributed by atoms with Crippen LogP contribution in [0.1, 0.15) is 0 Å². The monoisotopic (exact) mass is 363 g/mol. The summed E-state index contributed by atoms with van der Waals surface area (Å²) in [6.45, 7) is 0. The summed E-state index contributed by atoms with van der Waals surface area (Å²) in [6.07, 6.45) is 0. The van der Waals surface area contributed by atoms with Gasteiger partial charge >= 0.3 is 0 Å². The molecule has 0 amide bonds. The van der Waals surface area contributed by atoms with Gasteiger partial charge in [-0.25, -0.2) is 12.8 Å². The number of rotatable bonds is 3. The van der Waals surface area contributed by atoms with Gasteiger partial charge in [0.05, 0.1) is 10.7 Å². The molecule has 0 aromatic heterocycles. The van der Waals surface area contributed by atoms with Crippen molar-refractivity contribution in [2.24, 2.45) is 0 Å². The van der Waals surface area contributed by atoms with Crippen molar-refractivity contribution in [2.45, 2.75) is 4.90 Å². The number of sulfonamides is 1. The zero-order valence-corrected chi connectivity index (χ0v) is 12.6. The Labute approximate surface area is 123 Å². The maximum absolute atomic E-state index is 13.5. The molecule has 3 nitrogen and oxygen atoms in total. The highest BCUT2D eigenvalue weighted by Crippen LogP contribution is 2.27. The molecular formula is C12H8BrClFNO2S. The SMILES string of the molecule is O=S(=O)(Nc1ccc(Br)c(Cl)c1)c1ccccc1F. The minimum atomic E-state index is -3.97. The molecule has 0 saturated carbocycles. The van der Waals surface area contributed by atoms with Crippen LogP contribution in [0.4, 0.5) is 10.1 Å². The molecule has 0 aliphatic rings. The van der Waals surface area contributed by atoms with Crippen LogP contribution in [0.25, 0.3) is 0 Å². The van der Waals surface area contributed by atoms with E-state index in [2.05, 4.69) is 20.7 Å². The minimum absolute atomic E-state index is 0.261. The van der Waals surface area contributed by atoms with E-state index in [0.717, 1.165) is 6.07 Å². The van der Waals surface area contributed by atoms with Gasteiger partial charge < -0.3 is 0 Å². The molecule has 0 spiro atoms. The van der Waals surface area contributed by atoms with Gasteiger partial charge in [0.15, 0.2) is 0 Å². The fraction of sp³-hybridized carbons (Fsp3) is 0. The summed E-state index contributed by atoms with van der Waals surface area (Å²) in [5, 5.41) is 0.355. The van der Waals surface area contributed by atoms with E-state index in [-0.39, 0.29) is 5.69 Å². The Morgan fingerprint density at radius 2 is 1.84 bits per heavy atom. The van der Waals surface area contributed by atoms with Crippen LogP contribution in [-0.4, -0.2) is 8.42 Å². The third-order valence-electron chi connectivity index (χ3n) is 2.30. The summed E-state index contributed by atoms with van der Waals surface area (Å²) < 4.78 is 40.4. The molecule has 0 atom stereocenters. The van der Waals surface area contributed by atoms with Crippen molar-refractivity contribution < 1.29 is 12.8 Å². The van der Waals surface area contributed by atoms with Gasteiger partial charge in [-0.1, -0.05) is 23.7 Å². The van der Waals surface area contributed by atoms with Crippen LogP contribution in [0, 0.1) is 5.82 Å². The molecule has 0 bridgehead atoms. The lowest BCUT2D eigenvalue weighted by Crippen LogP contribution is -2.14. The molecule has 100 valence electrons. The number of hydrogen-bond acceptors (Lipinski definition) is 2. The summed E-state index contributed by atoms with van der Waals surface area (Å²) in [6, 6.07) is 9.71. The van der Waals surface area contributed by atoms with Gasteiger partial charge in [0.2, 0.25) is 0 Å². The first kappa shape index (κ1) is 14.3. The van der Waals surface area contributed by atoms with Crippen LogP contribution < -0.4 is 4.72 Å². The zero-order valence-electron chi connectivity index (χ0n) is 9.40. The predicted octanol–water partition coefficient (Wildman–Crippen LogP) is 4.04. The number of benzene rings is 2. The standard InChI is InChI=1S/C12H8BrClFNO2S/c13-9-6-5-8(7-10(9)14)16-19(17,18)12-4-2-1-3-11(12)15/h1-7,16H. The quantitative estimate of drug-likeness (QED) is 0.893. The molecule has 2 aromatic carbocycles. The normalized spacial score (nSPS) is 11.3. The molecule has 0 aliphatic heterocycles. The molecule has 19 heavy (non-hydrogen) atoms. The Morgan fingerprint density at radius 1 is 1.16 bits per heavy atom. The van der Waals surface area contributed by atoms with Crippen molar-refractivity contribution in [1.82, 2.24) is 0 Å². The third kappa shape index (κ3) is 3.26. The van der Waals surface area contributed by atoms with E-state index in [9.17, 15) is 12.8 Å². The van der Waals surface area contributed by atoms with Crippen LogP contribution in [0.15, 0.2) is 51.8 Å². The predicted molar refractivity (Wildman–Crippen MR) is 76.4 cm³/mol. The molecular weight excluding hydrogens is 357 g/mol. The van der Waals surface area contributed by atoms with Crippen molar-refractivity contribution in [3.63, 3.8) is 0 Å². The first-order chi connectivity index (χ1) is 8.90. The fourth-order valence-corrected chi connectivity index (χ4v) is 2.99. The van der Waals surface area contributed by atoms with E-state index in [4.69, 9.17) is 11.6 Å². The van der Waals surface area contributed by atoms with Gasteiger partial charge in [-0.05, 0) is 46.3 Å². The maximum Gasteiger partial charge on any atom is 0.264 e. The first-order valence-electron chi connectivity index (χ1n) is 5.12.